The van der Waals surface area contributed by atoms with Crippen LogP contribution in [0.25, 0.3) is 43.1 Å². The van der Waals surface area contributed by atoms with Gasteiger partial charge >= 0.3 is 0 Å². The van der Waals surface area contributed by atoms with Crippen LogP contribution in [0.5, 0.6) is 0 Å². The lowest BCUT2D eigenvalue weighted by Gasteiger charge is -2.09. The molecule has 0 amide bonds. The van der Waals surface area contributed by atoms with Crippen molar-refractivity contribution in [2.24, 2.45) is 0 Å². The molecule has 0 atom stereocenters. The van der Waals surface area contributed by atoms with Gasteiger partial charge in [-0.15, -0.1) is 0 Å². The lowest BCUT2D eigenvalue weighted by atomic mass is 9.94. The molecule has 6 rings (SSSR count). The van der Waals surface area contributed by atoms with Crippen LogP contribution in [0.3, 0.4) is 0 Å². The van der Waals surface area contributed by atoms with Crippen LogP contribution in [0.1, 0.15) is 11.1 Å². The third-order valence-electron chi connectivity index (χ3n) is 5.35. The highest BCUT2D eigenvalue weighted by atomic mass is 14.2. The monoisotopic (exact) mass is 290 g/mol. The van der Waals surface area contributed by atoms with Gasteiger partial charge in [0.25, 0.3) is 0 Å². The Morgan fingerprint density at radius 3 is 2.09 bits per heavy atom. The van der Waals surface area contributed by atoms with E-state index >= 15 is 0 Å². The standard InChI is InChI=1S/C23H14/c1-2-4-17-14(3-1)7-9-19-18(17)11-12-21-20(19)10-8-15-5-6-16-13-22(16)23(15)21/h1-12H,13H2. The van der Waals surface area contributed by atoms with E-state index in [4.69, 9.17) is 0 Å². The van der Waals surface area contributed by atoms with Gasteiger partial charge in [0.15, 0.2) is 0 Å². The zero-order valence-corrected chi connectivity index (χ0v) is 12.6. The SMILES string of the molecule is c1ccc2c(c1)ccc1c2ccc2c1ccc1ccc3c(c12)C3. The molecule has 0 N–H and O–H groups in total. The van der Waals surface area contributed by atoms with E-state index in [0.29, 0.717) is 0 Å². The Kier molecular flexibility index (Phi) is 1.98. The molecule has 0 heteroatoms. The minimum absolute atomic E-state index is 1.17. The highest BCUT2D eigenvalue weighted by Crippen LogP contribution is 2.41. The van der Waals surface area contributed by atoms with Gasteiger partial charge in [-0.1, -0.05) is 72.8 Å². The number of rotatable bonds is 0. The number of fused-ring (bicyclic) bond motifs is 9. The van der Waals surface area contributed by atoms with Gasteiger partial charge in [0.2, 0.25) is 0 Å². The topological polar surface area (TPSA) is 0 Å². The summed E-state index contributed by atoms with van der Waals surface area (Å²) in [5.74, 6) is 0. The van der Waals surface area contributed by atoms with Gasteiger partial charge in [0, 0.05) is 0 Å². The second-order valence-electron chi connectivity index (χ2n) is 6.59. The average Bonchev–Trinajstić information content (AvgIpc) is 3.40. The minimum Gasteiger partial charge on any atom is -0.0616 e. The van der Waals surface area contributed by atoms with Crippen LogP contribution in [0.2, 0.25) is 0 Å². The summed E-state index contributed by atoms with van der Waals surface area (Å²) in [6, 6.07) is 26.9. The molecule has 0 spiro atoms. The average molecular weight is 290 g/mol. The molecular weight excluding hydrogens is 276 g/mol. The van der Waals surface area contributed by atoms with Crippen molar-refractivity contribution in [2.75, 3.05) is 0 Å². The number of hydrogen-bond donors (Lipinski definition) is 0. The van der Waals surface area contributed by atoms with E-state index in [2.05, 4.69) is 72.8 Å². The summed E-state index contributed by atoms with van der Waals surface area (Å²) in [4.78, 5) is 0. The van der Waals surface area contributed by atoms with Crippen LogP contribution in [0, 0.1) is 0 Å². The molecule has 0 nitrogen and oxygen atoms in total. The van der Waals surface area contributed by atoms with Crippen LogP contribution < -0.4 is 0 Å². The first-order valence-electron chi connectivity index (χ1n) is 8.18. The van der Waals surface area contributed by atoms with Gasteiger partial charge in [0.05, 0.1) is 0 Å². The van der Waals surface area contributed by atoms with Crippen LogP contribution >= 0.6 is 0 Å². The lowest BCUT2D eigenvalue weighted by Crippen LogP contribution is -1.82. The Labute approximate surface area is 134 Å². The molecule has 0 fully saturated rings. The van der Waals surface area contributed by atoms with E-state index in [9.17, 15) is 0 Å². The van der Waals surface area contributed by atoms with Gasteiger partial charge in [-0.25, -0.2) is 0 Å². The molecule has 0 unspecified atom stereocenters. The molecule has 0 bridgehead atoms. The second kappa shape index (κ2) is 3.91. The highest BCUT2D eigenvalue weighted by Gasteiger charge is 2.21. The third-order valence-corrected chi connectivity index (χ3v) is 5.35. The predicted molar refractivity (Wildman–Crippen MR) is 99.3 cm³/mol. The first-order chi connectivity index (χ1) is 11.4. The molecular formula is C23H14. The summed E-state index contributed by atoms with van der Waals surface area (Å²) >= 11 is 0. The lowest BCUT2D eigenvalue weighted by molar-refractivity contribution is 1.62. The van der Waals surface area contributed by atoms with Gasteiger partial charge in [0.1, 0.15) is 0 Å². The molecule has 0 heterocycles. The Morgan fingerprint density at radius 1 is 0.478 bits per heavy atom. The van der Waals surface area contributed by atoms with Crippen molar-refractivity contribution in [3.05, 3.63) is 83.9 Å². The summed E-state index contributed by atoms with van der Waals surface area (Å²) in [5.41, 5.74) is 3.07. The molecule has 0 radical (unpaired) electrons. The van der Waals surface area contributed by atoms with Crippen molar-refractivity contribution in [2.45, 2.75) is 6.42 Å². The molecule has 5 aromatic rings. The maximum absolute atomic E-state index is 2.32. The Bertz CT molecular complexity index is 1280. The van der Waals surface area contributed by atoms with E-state index in [1.54, 1.807) is 5.56 Å². The van der Waals surface area contributed by atoms with Crippen LogP contribution in [-0.4, -0.2) is 0 Å². The Morgan fingerprint density at radius 2 is 1.13 bits per heavy atom. The maximum atomic E-state index is 2.32. The predicted octanol–water partition coefficient (Wildman–Crippen LogP) is 6.20. The molecule has 23 heavy (non-hydrogen) atoms. The largest absolute Gasteiger partial charge is 0.0616 e. The van der Waals surface area contributed by atoms with Crippen molar-refractivity contribution < 1.29 is 0 Å². The van der Waals surface area contributed by atoms with E-state index in [-0.39, 0.29) is 0 Å². The molecule has 1 aliphatic carbocycles. The van der Waals surface area contributed by atoms with Crippen molar-refractivity contribution in [3.63, 3.8) is 0 Å². The molecule has 0 aromatic heterocycles. The Balaban J connectivity index is 1.87. The second-order valence-corrected chi connectivity index (χ2v) is 6.59. The summed E-state index contributed by atoms with van der Waals surface area (Å²) < 4.78 is 0. The summed E-state index contributed by atoms with van der Waals surface area (Å²) in [7, 11) is 0. The Hall–Kier alpha value is -2.86. The van der Waals surface area contributed by atoms with E-state index in [1.807, 2.05) is 0 Å². The fourth-order valence-corrected chi connectivity index (χ4v) is 4.14. The zero-order valence-electron chi connectivity index (χ0n) is 12.6. The van der Waals surface area contributed by atoms with Crippen molar-refractivity contribution in [1.82, 2.24) is 0 Å². The molecule has 5 aromatic carbocycles. The summed E-state index contributed by atoms with van der Waals surface area (Å²) in [6.07, 6.45) is 1.17. The highest BCUT2D eigenvalue weighted by molar-refractivity contribution is 6.23. The van der Waals surface area contributed by atoms with Crippen molar-refractivity contribution in [1.29, 1.82) is 0 Å². The first-order valence-corrected chi connectivity index (χ1v) is 8.18. The van der Waals surface area contributed by atoms with Crippen LogP contribution in [0.15, 0.2) is 72.8 Å². The normalized spacial score (nSPS) is 13.0. The van der Waals surface area contributed by atoms with Gasteiger partial charge in [-0.05, 0) is 60.6 Å². The minimum atomic E-state index is 1.17. The molecule has 106 valence electrons. The van der Waals surface area contributed by atoms with Crippen LogP contribution in [-0.2, 0) is 6.42 Å². The summed E-state index contributed by atoms with van der Waals surface area (Å²) in [5, 5.41) is 11.0. The van der Waals surface area contributed by atoms with Gasteiger partial charge in [-0.3, -0.25) is 0 Å². The molecule has 0 saturated heterocycles. The molecule has 0 saturated carbocycles. The van der Waals surface area contributed by atoms with E-state index in [1.165, 1.54) is 55.1 Å². The zero-order chi connectivity index (χ0) is 15.0. The number of benzene rings is 5. The van der Waals surface area contributed by atoms with E-state index in [0.717, 1.165) is 0 Å². The summed E-state index contributed by atoms with van der Waals surface area (Å²) in [6.45, 7) is 0. The van der Waals surface area contributed by atoms with E-state index < -0.39 is 0 Å². The third kappa shape index (κ3) is 1.46. The van der Waals surface area contributed by atoms with Gasteiger partial charge in [-0.2, -0.15) is 0 Å². The van der Waals surface area contributed by atoms with Crippen LogP contribution in [0.4, 0.5) is 0 Å². The quantitative estimate of drug-likeness (QED) is 0.292. The van der Waals surface area contributed by atoms with Gasteiger partial charge < -0.3 is 0 Å². The fraction of sp³-hybridized carbons (Fsp3) is 0.0435. The van der Waals surface area contributed by atoms with Crippen molar-refractivity contribution >= 4 is 43.1 Å². The smallest absolute Gasteiger partial charge is 0.00135 e. The number of hydrogen-bond acceptors (Lipinski definition) is 0. The maximum Gasteiger partial charge on any atom is -0.00135 e. The molecule has 1 aliphatic rings. The first kappa shape index (κ1) is 11.7. The molecule has 0 aliphatic heterocycles. The fourth-order valence-electron chi connectivity index (χ4n) is 4.14. The van der Waals surface area contributed by atoms with Crippen molar-refractivity contribution in [3.8, 4) is 0 Å².